The molecule has 0 aliphatic heterocycles. The van der Waals surface area contributed by atoms with E-state index in [4.69, 9.17) is 36.7 Å². The maximum atomic E-state index is 14.1. The second-order valence-electron chi connectivity index (χ2n) is 6.29. The molecule has 1 aromatic heterocycles. The van der Waals surface area contributed by atoms with Gasteiger partial charge in [0.15, 0.2) is 11.5 Å². The average Bonchev–Trinajstić information content (AvgIpc) is 2.75. The maximum Gasteiger partial charge on any atom is 0.490 e. The van der Waals surface area contributed by atoms with E-state index in [1.807, 2.05) is 0 Å². The molecule has 33 heavy (non-hydrogen) atoms. The van der Waals surface area contributed by atoms with Gasteiger partial charge in [-0.15, -0.1) is 0 Å². The molecule has 0 bridgehead atoms. The monoisotopic (exact) mass is 490 g/mol. The number of nitrogens with zero attached hydrogens (tertiary/aromatic N) is 2. The fourth-order valence-corrected chi connectivity index (χ4v) is 2.58. The Hall–Kier alpha value is -3.38. The molecule has 0 aliphatic carbocycles. The number of carboxylic acids is 1. The van der Waals surface area contributed by atoms with Crippen LogP contribution in [0, 0.1) is 5.82 Å². The van der Waals surface area contributed by atoms with Gasteiger partial charge in [0.25, 0.3) is 0 Å². The van der Waals surface area contributed by atoms with Gasteiger partial charge < -0.3 is 25.6 Å². The van der Waals surface area contributed by atoms with Gasteiger partial charge in [-0.05, 0) is 37.2 Å². The molecule has 0 saturated carbocycles. The molecule has 2 aromatic carbocycles. The minimum atomic E-state index is -5.08. The molecule has 3 rings (SSSR count). The molecule has 0 atom stereocenters. The van der Waals surface area contributed by atoms with E-state index in [9.17, 15) is 17.6 Å². The summed E-state index contributed by atoms with van der Waals surface area (Å²) in [4.78, 5) is 17.4. The fraction of sp³-hybridized carbons (Fsp3) is 0.250. The number of carboxylic acid groups (broad SMARTS) is 1. The summed E-state index contributed by atoms with van der Waals surface area (Å²) in [7, 11) is 1.55. The number of anilines is 2. The summed E-state index contributed by atoms with van der Waals surface area (Å²) >= 11 is 5.79. The maximum absolute atomic E-state index is 14.1. The van der Waals surface area contributed by atoms with Crippen molar-refractivity contribution in [3.05, 3.63) is 47.5 Å². The SMILES string of the molecule is COc1cc2c(Nc3ccc(Cl)cc3F)ncnc2cc1OCCCN.O=C(O)C(F)(F)F. The zero-order chi connectivity index (χ0) is 24.6. The molecule has 0 unspecified atom stereocenters. The van der Waals surface area contributed by atoms with E-state index in [2.05, 4.69) is 15.3 Å². The predicted molar refractivity (Wildman–Crippen MR) is 114 cm³/mol. The standard InChI is InChI=1S/C18H18ClFN4O2.C2HF3O2/c1-25-16-8-12-15(9-17(16)26-6-2-5-21)22-10-23-18(12)24-14-4-3-11(19)7-13(14)20;3-2(4,5)1(6)7/h3-4,7-10H,2,5-6,21H2,1H3,(H,22,23,24);(H,6,7). The average molecular weight is 491 g/mol. The number of halogens is 5. The van der Waals surface area contributed by atoms with Crippen LogP contribution in [0.25, 0.3) is 10.9 Å². The van der Waals surface area contributed by atoms with E-state index < -0.39 is 18.0 Å². The first kappa shape index (κ1) is 25.9. The Balaban J connectivity index is 0.000000479. The first-order valence-electron chi connectivity index (χ1n) is 9.24. The molecule has 1 heterocycles. The predicted octanol–water partition coefficient (Wildman–Crippen LogP) is 4.54. The van der Waals surface area contributed by atoms with Crippen molar-refractivity contribution in [2.75, 3.05) is 25.6 Å². The lowest BCUT2D eigenvalue weighted by atomic mass is 10.2. The van der Waals surface area contributed by atoms with E-state index in [1.54, 1.807) is 31.4 Å². The number of benzene rings is 2. The molecule has 0 spiro atoms. The number of methoxy groups -OCH3 is 1. The van der Waals surface area contributed by atoms with Crippen molar-refractivity contribution in [1.29, 1.82) is 0 Å². The van der Waals surface area contributed by atoms with Gasteiger partial charge in [0.05, 0.1) is 24.9 Å². The summed E-state index contributed by atoms with van der Waals surface area (Å²) in [6.45, 7) is 1.02. The molecule has 3 aromatic rings. The Bertz CT molecular complexity index is 1120. The van der Waals surface area contributed by atoms with Gasteiger partial charge in [-0.25, -0.2) is 19.2 Å². The Kier molecular flexibility index (Phi) is 9.00. The number of nitrogens with one attached hydrogen (secondary N) is 1. The number of alkyl halides is 3. The van der Waals surface area contributed by atoms with Crippen LogP contribution >= 0.6 is 11.6 Å². The summed E-state index contributed by atoms with van der Waals surface area (Å²) in [6.07, 6.45) is -2.96. The highest BCUT2D eigenvalue weighted by Crippen LogP contribution is 2.35. The molecular formula is C20H19ClF4N4O4. The van der Waals surface area contributed by atoms with Crippen molar-refractivity contribution in [2.24, 2.45) is 5.73 Å². The molecule has 8 nitrogen and oxygen atoms in total. The Morgan fingerprint density at radius 2 is 1.91 bits per heavy atom. The molecule has 0 amide bonds. The first-order chi connectivity index (χ1) is 15.6. The molecule has 0 saturated heterocycles. The highest BCUT2D eigenvalue weighted by atomic mass is 35.5. The number of aliphatic carboxylic acids is 1. The third-order valence-electron chi connectivity index (χ3n) is 3.95. The van der Waals surface area contributed by atoms with Crippen LogP contribution in [0.4, 0.5) is 29.1 Å². The summed E-state index contributed by atoms with van der Waals surface area (Å²) in [5.74, 6) is -1.69. The summed E-state index contributed by atoms with van der Waals surface area (Å²) < 4.78 is 56.9. The minimum absolute atomic E-state index is 0.261. The van der Waals surface area contributed by atoms with Crippen LogP contribution in [0.1, 0.15) is 6.42 Å². The summed E-state index contributed by atoms with van der Waals surface area (Å²) in [5.41, 5.74) is 6.39. The number of hydrogen-bond acceptors (Lipinski definition) is 7. The lowest BCUT2D eigenvalue weighted by Crippen LogP contribution is -2.21. The summed E-state index contributed by atoms with van der Waals surface area (Å²) in [6, 6.07) is 7.89. The highest BCUT2D eigenvalue weighted by Gasteiger charge is 2.38. The number of nitrogens with two attached hydrogens (primary N) is 1. The van der Waals surface area contributed by atoms with E-state index in [-0.39, 0.29) is 5.69 Å². The number of aromatic nitrogens is 2. The van der Waals surface area contributed by atoms with Crippen molar-refractivity contribution in [1.82, 2.24) is 9.97 Å². The normalized spacial score (nSPS) is 10.9. The van der Waals surface area contributed by atoms with Crippen molar-refractivity contribution in [3.63, 3.8) is 0 Å². The second-order valence-corrected chi connectivity index (χ2v) is 6.72. The molecule has 13 heteroatoms. The van der Waals surface area contributed by atoms with Gasteiger partial charge in [-0.1, -0.05) is 11.6 Å². The zero-order valence-electron chi connectivity index (χ0n) is 17.1. The van der Waals surface area contributed by atoms with Crippen molar-refractivity contribution >= 4 is 40.0 Å². The van der Waals surface area contributed by atoms with E-state index in [1.165, 1.54) is 12.4 Å². The van der Waals surface area contributed by atoms with Crippen LogP contribution in [0.2, 0.25) is 5.02 Å². The van der Waals surface area contributed by atoms with Crippen LogP contribution < -0.4 is 20.5 Å². The van der Waals surface area contributed by atoms with Gasteiger partial charge in [0.2, 0.25) is 0 Å². The van der Waals surface area contributed by atoms with Gasteiger partial charge in [-0.3, -0.25) is 0 Å². The van der Waals surface area contributed by atoms with Crippen molar-refractivity contribution < 1.29 is 36.9 Å². The van der Waals surface area contributed by atoms with Gasteiger partial charge in [0.1, 0.15) is 18.0 Å². The quantitative estimate of drug-likeness (QED) is 0.326. The van der Waals surface area contributed by atoms with E-state index in [0.717, 1.165) is 6.42 Å². The Labute approximate surface area is 190 Å². The molecule has 0 fully saturated rings. The Morgan fingerprint density at radius 3 is 2.48 bits per heavy atom. The van der Waals surface area contributed by atoms with E-state index in [0.29, 0.717) is 46.4 Å². The minimum Gasteiger partial charge on any atom is -0.493 e. The van der Waals surface area contributed by atoms with Gasteiger partial charge in [-0.2, -0.15) is 13.2 Å². The summed E-state index contributed by atoms with van der Waals surface area (Å²) in [5, 5.41) is 11.1. The number of fused-ring (bicyclic) bond motifs is 1. The Morgan fingerprint density at radius 1 is 1.21 bits per heavy atom. The fourth-order valence-electron chi connectivity index (χ4n) is 2.42. The van der Waals surface area contributed by atoms with Crippen LogP contribution in [0.15, 0.2) is 36.7 Å². The lowest BCUT2D eigenvalue weighted by molar-refractivity contribution is -0.192. The molecular weight excluding hydrogens is 472 g/mol. The smallest absolute Gasteiger partial charge is 0.490 e. The third-order valence-corrected chi connectivity index (χ3v) is 4.19. The topological polar surface area (TPSA) is 120 Å². The van der Waals surface area contributed by atoms with Crippen LogP contribution in [0.5, 0.6) is 11.5 Å². The molecule has 178 valence electrons. The van der Waals surface area contributed by atoms with Crippen molar-refractivity contribution in [3.8, 4) is 11.5 Å². The number of rotatable bonds is 7. The molecule has 4 N–H and O–H groups in total. The molecule has 0 aliphatic rings. The van der Waals surface area contributed by atoms with Gasteiger partial charge >= 0.3 is 12.1 Å². The lowest BCUT2D eigenvalue weighted by Gasteiger charge is -2.14. The largest absolute Gasteiger partial charge is 0.493 e. The van der Waals surface area contributed by atoms with Crippen LogP contribution in [0.3, 0.4) is 0 Å². The van der Waals surface area contributed by atoms with Crippen LogP contribution in [-0.2, 0) is 4.79 Å². The first-order valence-corrected chi connectivity index (χ1v) is 9.62. The van der Waals surface area contributed by atoms with Crippen LogP contribution in [-0.4, -0.2) is 47.5 Å². The molecule has 0 radical (unpaired) electrons. The number of ether oxygens (including phenoxy) is 2. The second kappa shape index (κ2) is 11.5. The number of carbonyl (C=O) groups is 1. The van der Waals surface area contributed by atoms with E-state index >= 15 is 0 Å². The van der Waals surface area contributed by atoms with Crippen molar-refractivity contribution in [2.45, 2.75) is 12.6 Å². The number of hydrogen-bond donors (Lipinski definition) is 3. The van der Waals surface area contributed by atoms with Gasteiger partial charge in [0, 0.05) is 16.5 Å². The highest BCUT2D eigenvalue weighted by molar-refractivity contribution is 6.30. The third kappa shape index (κ3) is 7.32. The zero-order valence-corrected chi connectivity index (χ0v) is 17.9.